The highest BCUT2D eigenvalue weighted by Crippen LogP contribution is 2.37. The minimum absolute atomic E-state index is 0.0726. The number of amides is 3. The minimum atomic E-state index is -0.552. The summed E-state index contributed by atoms with van der Waals surface area (Å²) in [7, 11) is 3.00. The lowest BCUT2D eigenvalue weighted by Gasteiger charge is -2.19. The molecule has 3 aromatic carbocycles. The summed E-state index contributed by atoms with van der Waals surface area (Å²) >= 11 is 0. The zero-order valence-corrected chi connectivity index (χ0v) is 21.1. The molecule has 9 heteroatoms. The first-order chi connectivity index (χ1) is 18.4. The van der Waals surface area contributed by atoms with Gasteiger partial charge in [-0.25, -0.2) is 4.98 Å². The Morgan fingerprint density at radius 3 is 2.29 bits per heavy atom. The van der Waals surface area contributed by atoms with Crippen LogP contribution < -0.4 is 19.5 Å². The Labute approximate surface area is 218 Å². The molecule has 0 bridgehead atoms. The van der Waals surface area contributed by atoms with Crippen molar-refractivity contribution in [2.45, 2.75) is 13.5 Å². The lowest BCUT2D eigenvalue weighted by Crippen LogP contribution is -2.37. The van der Waals surface area contributed by atoms with Gasteiger partial charge in [-0.1, -0.05) is 30.3 Å². The quantitative estimate of drug-likeness (QED) is 0.350. The van der Waals surface area contributed by atoms with Crippen molar-refractivity contribution in [1.82, 2.24) is 9.88 Å². The fourth-order valence-corrected chi connectivity index (χ4v) is 4.47. The molecule has 3 amide bonds. The van der Waals surface area contributed by atoms with E-state index < -0.39 is 24.3 Å². The highest BCUT2D eigenvalue weighted by Gasteiger charge is 2.36. The Balaban J connectivity index is 1.37. The first kappa shape index (κ1) is 24.8. The van der Waals surface area contributed by atoms with E-state index in [2.05, 4.69) is 10.3 Å². The molecule has 1 N–H and O–H groups in total. The number of fused-ring (bicyclic) bond motifs is 2. The largest absolute Gasteiger partial charge is 0.496 e. The number of benzene rings is 3. The third-order valence-electron chi connectivity index (χ3n) is 6.29. The molecule has 0 radical (unpaired) electrons. The van der Waals surface area contributed by atoms with Crippen LogP contribution in [0, 0.1) is 6.92 Å². The molecule has 9 nitrogen and oxygen atoms in total. The van der Waals surface area contributed by atoms with Crippen LogP contribution in [0.1, 0.15) is 32.0 Å². The molecule has 0 fully saturated rings. The van der Waals surface area contributed by atoms with E-state index in [9.17, 15) is 14.4 Å². The van der Waals surface area contributed by atoms with Gasteiger partial charge in [-0.15, -0.1) is 0 Å². The number of imide groups is 1. The highest BCUT2D eigenvalue weighted by molar-refractivity contribution is 6.22. The second-order valence-corrected chi connectivity index (χ2v) is 8.69. The zero-order valence-electron chi connectivity index (χ0n) is 21.1. The molecule has 192 valence electrons. The summed E-state index contributed by atoms with van der Waals surface area (Å²) in [5, 5.41) is 3.70. The summed E-state index contributed by atoms with van der Waals surface area (Å²) < 4.78 is 17.3. The number of nitrogens with one attached hydrogen (secondary N) is 1. The van der Waals surface area contributed by atoms with Crippen molar-refractivity contribution in [1.29, 1.82) is 0 Å². The maximum Gasteiger partial charge on any atom is 0.262 e. The van der Waals surface area contributed by atoms with Crippen molar-refractivity contribution >= 4 is 34.3 Å². The average molecular weight is 512 g/mol. The van der Waals surface area contributed by atoms with Crippen molar-refractivity contribution in [3.63, 3.8) is 0 Å². The van der Waals surface area contributed by atoms with E-state index in [4.69, 9.17) is 14.2 Å². The van der Waals surface area contributed by atoms with Crippen LogP contribution in [0.25, 0.3) is 10.9 Å². The number of aryl methyl sites for hydroxylation is 1. The molecule has 0 aliphatic carbocycles. The summed E-state index contributed by atoms with van der Waals surface area (Å²) in [6.07, 6.45) is 0. The first-order valence-corrected chi connectivity index (χ1v) is 11.9. The van der Waals surface area contributed by atoms with E-state index in [-0.39, 0.29) is 17.7 Å². The van der Waals surface area contributed by atoms with Gasteiger partial charge in [0.25, 0.3) is 11.8 Å². The molecule has 2 heterocycles. The van der Waals surface area contributed by atoms with Gasteiger partial charge in [0.05, 0.1) is 36.6 Å². The molecule has 4 aromatic rings. The average Bonchev–Trinajstić information content (AvgIpc) is 3.16. The molecule has 1 aromatic heterocycles. The Bertz CT molecular complexity index is 1550. The number of para-hydroxylation sites is 1. The van der Waals surface area contributed by atoms with E-state index in [0.29, 0.717) is 28.5 Å². The van der Waals surface area contributed by atoms with Gasteiger partial charge in [-0.3, -0.25) is 19.3 Å². The third kappa shape index (κ3) is 4.50. The summed E-state index contributed by atoms with van der Waals surface area (Å²) in [5.74, 6) is -0.126. The molecule has 0 saturated carbocycles. The number of ether oxygens (including phenoxy) is 3. The van der Waals surface area contributed by atoms with Crippen LogP contribution in [0.3, 0.4) is 0 Å². The minimum Gasteiger partial charge on any atom is -0.496 e. The van der Waals surface area contributed by atoms with Crippen LogP contribution in [0.2, 0.25) is 0 Å². The van der Waals surface area contributed by atoms with Crippen LogP contribution in [0.5, 0.6) is 17.2 Å². The maximum absolute atomic E-state index is 12.9. The maximum atomic E-state index is 12.9. The standard InChI is InChI=1S/C29H25N3O6/c1-17-11-12-18-7-6-10-24(26(18)30-17)38-16-21-23(36-2)14-13-22(27(21)37-3)31-25(33)15-32-28(34)19-8-4-5-9-20(19)29(32)35/h4-14H,15-16H2,1-3H3,(H,31,33). The topological polar surface area (TPSA) is 107 Å². The lowest BCUT2D eigenvalue weighted by atomic mass is 10.1. The molecule has 0 saturated heterocycles. The van der Waals surface area contributed by atoms with Gasteiger partial charge >= 0.3 is 0 Å². The summed E-state index contributed by atoms with van der Waals surface area (Å²) in [6, 6.07) is 19.4. The monoisotopic (exact) mass is 511 g/mol. The summed E-state index contributed by atoms with van der Waals surface area (Å²) in [6.45, 7) is 1.55. The first-order valence-electron chi connectivity index (χ1n) is 11.9. The van der Waals surface area contributed by atoms with E-state index >= 15 is 0 Å². The molecule has 1 aliphatic heterocycles. The van der Waals surface area contributed by atoms with Crippen LogP contribution in [0.4, 0.5) is 5.69 Å². The molecular formula is C29H25N3O6. The van der Waals surface area contributed by atoms with Crippen molar-refractivity contribution in [3.8, 4) is 17.2 Å². The molecular weight excluding hydrogens is 486 g/mol. The van der Waals surface area contributed by atoms with Gasteiger partial charge in [0, 0.05) is 11.1 Å². The van der Waals surface area contributed by atoms with Crippen molar-refractivity contribution in [2.24, 2.45) is 0 Å². The van der Waals surface area contributed by atoms with Crippen LogP contribution in [-0.2, 0) is 11.4 Å². The summed E-state index contributed by atoms with van der Waals surface area (Å²) in [5.41, 5.74) is 3.08. The second-order valence-electron chi connectivity index (χ2n) is 8.69. The normalized spacial score (nSPS) is 12.4. The van der Waals surface area contributed by atoms with Gasteiger partial charge in [0.2, 0.25) is 5.91 Å². The van der Waals surface area contributed by atoms with Gasteiger partial charge in [-0.05, 0) is 43.3 Å². The van der Waals surface area contributed by atoms with Gasteiger partial charge < -0.3 is 19.5 Å². The number of carbonyl (C=O) groups excluding carboxylic acids is 3. The number of rotatable bonds is 8. The number of pyridine rings is 1. The number of hydrogen-bond acceptors (Lipinski definition) is 7. The van der Waals surface area contributed by atoms with Gasteiger partial charge in [-0.2, -0.15) is 0 Å². The van der Waals surface area contributed by atoms with Crippen LogP contribution in [-0.4, -0.2) is 48.4 Å². The molecule has 38 heavy (non-hydrogen) atoms. The predicted octanol–water partition coefficient (Wildman–Crippen LogP) is 4.37. The number of hydrogen-bond donors (Lipinski definition) is 1. The highest BCUT2D eigenvalue weighted by atomic mass is 16.5. The summed E-state index contributed by atoms with van der Waals surface area (Å²) in [4.78, 5) is 43.8. The van der Waals surface area contributed by atoms with Crippen LogP contribution >= 0.6 is 0 Å². The Kier molecular flexibility index (Phi) is 6.66. The number of anilines is 1. The molecule has 0 unspecified atom stereocenters. The molecule has 0 spiro atoms. The number of methoxy groups -OCH3 is 2. The van der Waals surface area contributed by atoms with E-state index in [1.807, 2.05) is 37.3 Å². The zero-order chi connectivity index (χ0) is 26.8. The van der Waals surface area contributed by atoms with Crippen molar-refractivity contribution in [3.05, 3.63) is 89.1 Å². The van der Waals surface area contributed by atoms with E-state index in [1.54, 1.807) is 36.4 Å². The van der Waals surface area contributed by atoms with Crippen molar-refractivity contribution in [2.75, 3.05) is 26.1 Å². The second kappa shape index (κ2) is 10.2. The van der Waals surface area contributed by atoms with E-state index in [1.165, 1.54) is 14.2 Å². The molecule has 0 atom stereocenters. The third-order valence-corrected chi connectivity index (χ3v) is 6.29. The Morgan fingerprint density at radius 1 is 0.868 bits per heavy atom. The lowest BCUT2D eigenvalue weighted by molar-refractivity contribution is -0.116. The van der Waals surface area contributed by atoms with Gasteiger partial charge in [0.15, 0.2) is 5.75 Å². The number of nitrogens with zero attached hydrogens (tertiary/aromatic N) is 2. The van der Waals surface area contributed by atoms with E-state index in [0.717, 1.165) is 21.5 Å². The fourth-order valence-electron chi connectivity index (χ4n) is 4.47. The Morgan fingerprint density at radius 2 is 1.61 bits per heavy atom. The number of aromatic nitrogens is 1. The number of carbonyl (C=O) groups is 3. The van der Waals surface area contributed by atoms with Crippen molar-refractivity contribution < 1.29 is 28.6 Å². The SMILES string of the molecule is COc1ccc(NC(=O)CN2C(=O)c3ccccc3C2=O)c(OC)c1COc1cccc2ccc(C)nc12. The predicted molar refractivity (Wildman–Crippen MR) is 141 cm³/mol. The fraction of sp³-hybridized carbons (Fsp3) is 0.172. The smallest absolute Gasteiger partial charge is 0.262 e. The van der Waals surface area contributed by atoms with Crippen LogP contribution in [0.15, 0.2) is 66.7 Å². The molecule has 1 aliphatic rings. The Hall–Kier alpha value is -4.92. The van der Waals surface area contributed by atoms with Gasteiger partial charge in [0.1, 0.15) is 30.2 Å². The molecule has 5 rings (SSSR count).